The van der Waals surface area contributed by atoms with Gasteiger partial charge in [0.1, 0.15) is 0 Å². The van der Waals surface area contributed by atoms with Crippen molar-refractivity contribution in [2.24, 2.45) is 0 Å². The minimum absolute atomic E-state index is 0.0126. The third-order valence-corrected chi connectivity index (χ3v) is 2.91. The summed E-state index contributed by atoms with van der Waals surface area (Å²) in [5, 5.41) is 12.9. The Hall–Kier alpha value is -0.850. The van der Waals surface area contributed by atoms with Gasteiger partial charge in [0.05, 0.1) is 12.1 Å². The van der Waals surface area contributed by atoms with Gasteiger partial charge < -0.3 is 0 Å². The van der Waals surface area contributed by atoms with E-state index in [1.807, 2.05) is 14.0 Å². The van der Waals surface area contributed by atoms with Crippen LogP contribution in [0.1, 0.15) is 12.5 Å². The fourth-order valence-electron chi connectivity index (χ4n) is 1.03. The molecule has 0 aliphatic carbocycles. The van der Waals surface area contributed by atoms with E-state index in [0.717, 1.165) is 13.0 Å². The van der Waals surface area contributed by atoms with Crippen molar-refractivity contribution in [2.45, 2.75) is 19.4 Å². The molecule has 0 saturated heterocycles. The zero-order valence-corrected chi connectivity index (χ0v) is 8.84. The molecule has 1 aromatic heterocycles. The highest BCUT2D eigenvalue weighted by Gasteiger charge is 2.06. The molecule has 2 nitrogen and oxygen atoms in total. The number of nitriles is 1. The molecule has 1 rings (SSSR count). The van der Waals surface area contributed by atoms with Crippen molar-refractivity contribution in [3.63, 3.8) is 0 Å². The molecular weight excluding hydrogens is 180 g/mol. The molecule has 0 aliphatic heterocycles. The number of rotatable bonds is 4. The first-order chi connectivity index (χ1) is 6.24. The molecule has 0 radical (unpaired) electrons. The highest BCUT2D eigenvalue weighted by molar-refractivity contribution is 7.07. The molecule has 3 heteroatoms. The quantitative estimate of drug-likeness (QED) is 0.734. The molecule has 0 saturated carbocycles. The minimum atomic E-state index is 0.0126. The van der Waals surface area contributed by atoms with E-state index < -0.39 is 0 Å². The number of hydrogen-bond donors (Lipinski definition) is 0. The van der Waals surface area contributed by atoms with Gasteiger partial charge in [0, 0.05) is 6.54 Å². The summed E-state index contributed by atoms with van der Waals surface area (Å²) in [6.07, 6.45) is 1.03. The highest BCUT2D eigenvalue weighted by atomic mass is 32.1. The maximum atomic E-state index is 8.67. The van der Waals surface area contributed by atoms with Crippen molar-refractivity contribution in [3.8, 4) is 6.07 Å². The van der Waals surface area contributed by atoms with Crippen LogP contribution in [-0.4, -0.2) is 24.5 Å². The second-order valence-electron chi connectivity index (χ2n) is 3.17. The van der Waals surface area contributed by atoms with Crippen LogP contribution >= 0.6 is 11.3 Å². The maximum Gasteiger partial charge on any atom is 0.0946 e. The first-order valence-electron chi connectivity index (χ1n) is 4.35. The van der Waals surface area contributed by atoms with Crippen molar-refractivity contribution < 1.29 is 0 Å². The van der Waals surface area contributed by atoms with Gasteiger partial charge in [-0.15, -0.1) is 0 Å². The smallest absolute Gasteiger partial charge is 0.0946 e. The Morgan fingerprint density at radius 2 is 2.46 bits per heavy atom. The average Bonchev–Trinajstić information content (AvgIpc) is 2.65. The molecule has 0 aliphatic rings. The van der Waals surface area contributed by atoms with Crippen molar-refractivity contribution in [3.05, 3.63) is 22.4 Å². The zero-order chi connectivity index (χ0) is 9.68. The van der Waals surface area contributed by atoms with E-state index >= 15 is 0 Å². The van der Waals surface area contributed by atoms with Crippen LogP contribution < -0.4 is 0 Å². The van der Waals surface area contributed by atoms with Crippen molar-refractivity contribution in [1.82, 2.24) is 4.90 Å². The van der Waals surface area contributed by atoms with E-state index in [-0.39, 0.29) is 6.04 Å². The van der Waals surface area contributed by atoms with E-state index in [9.17, 15) is 0 Å². The third kappa shape index (κ3) is 3.17. The lowest BCUT2D eigenvalue weighted by Gasteiger charge is -2.17. The Morgan fingerprint density at radius 1 is 1.69 bits per heavy atom. The summed E-state index contributed by atoms with van der Waals surface area (Å²) in [4.78, 5) is 2.07. The summed E-state index contributed by atoms with van der Waals surface area (Å²) < 4.78 is 0. The standard InChI is InChI=1S/C10H14N2S/c1-9(7-11)12(2)5-3-10-4-6-13-8-10/h4,6,8-9H,3,5H2,1-2H3. The SMILES string of the molecule is CC(C#N)N(C)CCc1ccsc1. The van der Waals surface area contributed by atoms with Crippen LogP contribution in [0.2, 0.25) is 0 Å². The zero-order valence-electron chi connectivity index (χ0n) is 8.03. The fraction of sp³-hybridized carbons (Fsp3) is 0.500. The lowest BCUT2D eigenvalue weighted by molar-refractivity contribution is 0.306. The molecule has 0 bridgehead atoms. The second kappa shape index (κ2) is 5.00. The predicted octanol–water partition coefficient (Wildman–Crippen LogP) is 2.13. The van der Waals surface area contributed by atoms with E-state index in [4.69, 9.17) is 5.26 Å². The first kappa shape index (κ1) is 10.2. The molecule has 13 heavy (non-hydrogen) atoms. The van der Waals surface area contributed by atoms with Gasteiger partial charge in [0.2, 0.25) is 0 Å². The van der Waals surface area contributed by atoms with Crippen LogP contribution in [0.25, 0.3) is 0 Å². The van der Waals surface area contributed by atoms with Gasteiger partial charge in [0.15, 0.2) is 0 Å². The van der Waals surface area contributed by atoms with Gasteiger partial charge in [0.25, 0.3) is 0 Å². The Morgan fingerprint density at radius 3 is 3.00 bits per heavy atom. The van der Waals surface area contributed by atoms with Gasteiger partial charge in [-0.2, -0.15) is 16.6 Å². The summed E-state index contributed by atoms with van der Waals surface area (Å²) in [6.45, 7) is 2.87. The molecule has 1 heterocycles. The summed E-state index contributed by atoms with van der Waals surface area (Å²) in [5.41, 5.74) is 1.36. The molecule has 1 unspecified atom stereocenters. The molecule has 1 atom stereocenters. The van der Waals surface area contributed by atoms with Gasteiger partial charge >= 0.3 is 0 Å². The number of likely N-dealkylation sites (N-methyl/N-ethyl adjacent to an activating group) is 1. The van der Waals surface area contributed by atoms with Crippen molar-refractivity contribution >= 4 is 11.3 Å². The van der Waals surface area contributed by atoms with E-state index in [1.54, 1.807) is 11.3 Å². The van der Waals surface area contributed by atoms with Gasteiger partial charge in [-0.3, -0.25) is 4.90 Å². The molecule has 0 amide bonds. The number of hydrogen-bond acceptors (Lipinski definition) is 3. The van der Waals surface area contributed by atoms with Crippen LogP contribution in [0.5, 0.6) is 0 Å². The topological polar surface area (TPSA) is 27.0 Å². The van der Waals surface area contributed by atoms with E-state index in [2.05, 4.69) is 27.8 Å². The molecule has 0 aromatic carbocycles. The molecule has 70 valence electrons. The largest absolute Gasteiger partial charge is 0.291 e. The summed E-state index contributed by atoms with van der Waals surface area (Å²) in [7, 11) is 1.99. The van der Waals surface area contributed by atoms with Gasteiger partial charge in [-0.1, -0.05) is 0 Å². The molecular formula is C10H14N2S. The molecule has 1 aromatic rings. The van der Waals surface area contributed by atoms with Crippen LogP contribution in [0.4, 0.5) is 0 Å². The second-order valence-corrected chi connectivity index (χ2v) is 3.95. The predicted molar refractivity (Wildman–Crippen MR) is 55.7 cm³/mol. The van der Waals surface area contributed by atoms with Crippen LogP contribution in [0.3, 0.4) is 0 Å². The van der Waals surface area contributed by atoms with Gasteiger partial charge in [-0.25, -0.2) is 0 Å². The third-order valence-electron chi connectivity index (χ3n) is 2.18. The average molecular weight is 194 g/mol. The van der Waals surface area contributed by atoms with Crippen LogP contribution in [-0.2, 0) is 6.42 Å². The first-order valence-corrected chi connectivity index (χ1v) is 5.29. The van der Waals surface area contributed by atoms with Crippen LogP contribution in [0.15, 0.2) is 16.8 Å². The normalized spacial score (nSPS) is 12.8. The minimum Gasteiger partial charge on any atom is -0.291 e. The summed E-state index contributed by atoms with van der Waals surface area (Å²) in [6, 6.07) is 4.37. The summed E-state index contributed by atoms with van der Waals surface area (Å²) >= 11 is 1.72. The monoisotopic (exact) mass is 194 g/mol. The Kier molecular flexibility index (Phi) is 3.94. The molecule has 0 spiro atoms. The van der Waals surface area contributed by atoms with Crippen molar-refractivity contribution in [2.75, 3.05) is 13.6 Å². The lowest BCUT2D eigenvalue weighted by atomic mass is 10.2. The Bertz CT molecular complexity index is 274. The highest BCUT2D eigenvalue weighted by Crippen LogP contribution is 2.07. The Balaban J connectivity index is 2.31. The Labute approximate surface area is 83.4 Å². The van der Waals surface area contributed by atoms with Crippen molar-refractivity contribution in [1.29, 1.82) is 5.26 Å². The van der Waals surface area contributed by atoms with E-state index in [0.29, 0.717) is 0 Å². The maximum absolute atomic E-state index is 8.67. The lowest BCUT2D eigenvalue weighted by Crippen LogP contribution is -2.29. The van der Waals surface area contributed by atoms with Gasteiger partial charge in [-0.05, 0) is 42.8 Å². The number of nitrogens with zero attached hydrogens (tertiary/aromatic N) is 2. The van der Waals surface area contributed by atoms with Crippen LogP contribution in [0, 0.1) is 11.3 Å². The summed E-state index contributed by atoms with van der Waals surface area (Å²) in [5.74, 6) is 0. The molecule has 0 fully saturated rings. The van der Waals surface area contributed by atoms with E-state index in [1.165, 1.54) is 5.56 Å². The fourth-order valence-corrected chi connectivity index (χ4v) is 1.74. The molecule has 0 N–H and O–H groups in total. The number of thiophene rings is 1.